The predicted octanol–water partition coefficient (Wildman–Crippen LogP) is 5.52. The molecule has 202 valence electrons. The van der Waals surface area contributed by atoms with Gasteiger partial charge in [0.05, 0.1) is 7.11 Å². The van der Waals surface area contributed by atoms with E-state index in [4.69, 9.17) is 9.47 Å². The molecule has 4 aromatic carbocycles. The van der Waals surface area contributed by atoms with Crippen molar-refractivity contribution >= 4 is 40.4 Å². The van der Waals surface area contributed by atoms with E-state index in [0.717, 1.165) is 33.2 Å². The number of aryl methyl sites for hydroxylation is 1. The van der Waals surface area contributed by atoms with E-state index in [-0.39, 0.29) is 5.70 Å². The van der Waals surface area contributed by atoms with E-state index in [2.05, 4.69) is 34.9 Å². The highest BCUT2D eigenvalue weighted by molar-refractivity contribution is 6.16. The van der Waals surface area contributed by atoms with Crippen LogP contribution < -0.4 is 20.1 Å². The topological polar surface area (TPSA) is 97.0 Å². The number of fused-ring (bicyclic) bond motifs is 1. The summed E-state index contributed by atoms with van der Waals surface area (Å²) in [6.07, 6.45) is 2.28. The summed E-state index contributed by atoms with van der Waals surface area (Å²) in [6.45, 7) is 1.94. The summed E-state index contributed by atoms with van der Waals surface area (Å²) in [7, 11) is 1.54. The Kier molecular flexibility index (Phi) is 7.77. The Morgan fingerprint density at radius 3 is 2.50 bits per heavy atom. The van der Waals surface area contributed by atoms with Gasteiger partial charge < -0.3 is 20.1 Å². The molecule has 4 aromatic rings. The number of hydrogen-bond acceptors (Lipinski definition) is 5. The lowest BCUT2D eigenvalue weighted by Crippen LogP contribution is -2.38. The average molecular weight is 536 g/mol. The Hall–Kier alpha value is -5.11. The van der Waals surface area contributed by atoms with Crippen LogP contribution in [0.1, 0.15) is 23.6 Å². The number of carbonyl (C=O) groups is 3. The molecule has 2 N–H and O–H groups in total. The minimum Gasteiger partial charge on any atom is -0.493 e. The van der Waals surface area contributed by atoms with E-state index >= 15 is 0 Å². The molecule has 8 nitrogen and oxygen atoms in total. The van der Waals surface area contributed by atoms with Gasteiger partial charge in [-0.05, 0) is 64.2 Å². The first kappa shape index (κ1) is 26.5. The maximum atomic E-state index is 12.9. The SMILES string of the molecule is CCc1ccccc1NC(=O)CN1C(=O)N/C(=C/c2ccc(OCc3ccc4ccccc4c3)c(OC)c2)C1=O. The van der Waals surface area contributed by atoms with Gasteiger partial charge in [0.15, 0.2) is 11.5 Å². The molecule has 8 heteroatoms. The fourth-order valence-electron chi connectivity index (χ4n) is 4.55. The standard InChI is InChI=1S/C32H29N3O5/c1-3-23-8-6-7-11-26(23)33-30(36)19-35-31(37)27(34-32(35)38)17-21-13-15-28(29(18-21)39-2)40-20-22-12-14-24-9-4-5-10-25(24)16-22/h4-18H,3,19-20H2,1-2H3,(H,33,36)(H,34,38)/b27-17+. The first-order valence-electron chi connectivity index (χ1n) is 13.0. The Morgan fingerprint density at radius 2 is 1.70 bits per heavy atom. The molecule has 0 unspecified atom stereocenters. The van der Waals surface area contributed by atoms with Crippen LogP contribution in [0.3, 0.4) is 0 Å². The van der Waals surface area contributed by atoms with Crippen molar-refractivity contribution < 1.29 is 23.9 Å². The zero-order valence-electron chi connectivity index (χ0n) is 22.3. The molecule has 1 aliphatic heterocycles. The minimum absolute atomic E-state index is 0.0682. The lowest BCUT2D eigenvalue weighted by Gasteiger charge is -2.13. The largest absolute Gasteiger partial charge is 0.493 e. The number of amides is 4. The molecule has 0 aliphatic carbocycles. The number of benzene rings is 4. The van der Waals surface area contributed by atoms with E-state index in [9.17, 15) is 14.4 Å². The summed E-state index contributed by atoms with van der Waals surface area (Å²) < 4.78 is 11.5. The van der Waals surface area contributed by atoms with Crippen LogP contribution in [0.15, 0.2) is 90.6 Å². The summed E-state index contributed by atoms with van der Waals surface area (Å²) >= 11 is 0. The zero-order valence-corrected chi connectivity index (χ0v) is 22.3. The number of rotatable bonds is 9. The Morgan fingerprint density at radius 1 is 0.925 bits per heavy atom. The van der Waals surface area contributed by atoms with Gasteiger partial charge >= 0.3 is 6.03 Å². The van der Waals surface area contributed by atoms with E-state index < -0.39 is 24.4 Å². The van der Waals surface area contributed by atoms with E-state index in [0.29, 0.717) is 29.4 Å². The van der Waals surface area contributed by atoms with Gasteiger partial charge in [-0.15, -0.1) is 0 Å². The van der Waals surface area contributed by atoms with Crippen molar-refractivity contribution in [3.63, 3.8) is 0 Å². The number of hydrogen-bond donors (Lipinski definition) is 2. The highest BCUT2D eigenvalue weighted by Crippen LogP contribution is 2.30. The number of methoxy groups -OCH3 is 1. The van der Waals surface area contributed by atoms with Crippen LogP contribution >= 0.6 is 0 Å². The summed E-state index contributed by atoms with van der Waals surface area (Å²) in [5.41, 5.74) is 3.34. The molecule has 0 aromatic heterocycles. The first-order valence-corrected chi connectivity index (χ1v) is 13.0. The molecule has 5 rings (SSSR count). The fraction of sp³-hybridized carbons (Fsp3) is 0.156. The van der Waals surface area contributed by atoms with Crippen LogP contribution in [0.2, 0.25) is 0 Å². The van der Waals surface area contributed by atoms with Crippen molar-refractivity contribution in [3.05, 3.63) is 107 Å². The Labute approximate surface area is 232 Å². The van der Waals surface area contributed by atoms with E-state index in [1.54, 1.807) is 30.3 Å². The highest BCUT2D eigenvalue weighted by Gasteiger charge is 2.35. The fourth-order valence-corrected chi connectivity index (χ4v) is 4.55. The quantitative estimate of drug-likeness (QED) is 0.217. The molecule has 0 bridgehead atoms. The molecule has 40 heavy (non-hydrogen) atoms. The molecule has 1 heterocycles. The van der Waals surface area contributed by atoms with Gasteiger partial charge in [-0.25, -0.2) is 9.69 Å². The summed E-state index contributed by atoms with van der Waals surface area (Å²) in [5.74, 6) is -0.0113. The average Bonchev–Trinajstić information content (AvgIpc) is 3.23. The number of urea groups is 1. The lowest BCUT2D eigenvalue weighted by molar-refractivity contribution is -0.127. The van der Waals surface area contributed by atoms with Crippen molar-refractivity contribution in [1.82, 2.24) is 10.2 Å². The number of imide groups is 1. The Balaban J connectivity index is 1.25. The van der Waals surface area contributed by atoms with Crippen LogP contribution in [0.4, 0.5) is 10.5 Å². The maximum Gasteiger partial charge on any atom is 0.329 e. The molecule has 0 saturated carbocycles. The number of nitrogens with zero attached hydrogens (tertiary/aromatic N) is 1. The summed E-state index contributed by atoms with van der Waals surface area (Å²) in [5, 5.41) is 7.64. The normalized spacial score (nSPS) is 13.9. The van der Waals surface area contributed by atoms with E-state index in [1.807, 2.05) is 43.3 Å². The highest BCUT2D eigenvalue weighted by atomic mass is 16.5. The number of carbonyl (C=O) groups excluding carboxylic acids is 3. The monoisotopic (exact) mass is 535 g/mol. The summed E-state index contributed by atoms with van der Waals surface area (Å²) in [6, 6.07) is 26.3. The second kappa shape index (κ2) is 11.7. The third kappa shape index (κ3) is 5.81. The van der Waals surface area contributed by atoms with Gasteiger partial charge in [-0.2, -0.15) is 0 Å². The van der Waals surface area contributed by atoms with Crippen molar-refractivity contribution in [2.24, 2.45) is 0 Å². The van der Waals surface area contributed by atoms with Crippen molar-refractivity contribution in [1.29, 1.82) is 0 Å². The van der Waals surface area contributed by atoms with Gasteiger partial charge in [0.25, 0.3) is 5.91 Å². The molecule has 1 fully saturated rings. The molecular formula is C32H29N3O5. The third-order valence-electron chi connectivity index (χ3n) is 6.64. The Bertz CT molecular complexity index is 1630. The molecule has 4 amide bonds. The molecule has 0 radical (unpaired) electrons. The van der Waals surface area contributed by atoms with Crippen molar-refractivity contribution in [3.8, 4) is 11.5 Å². The predicted molar refractivity (Wildman–Crippen MR) is 154 cm³/mol. The van der Waals surface area contributed by atoms with Gasteiger partial charge in [-0.3, -0.25) is 9.59 Å². The third-order valence-corrected chi connectivity index (χ3v) is 6.64. The van der Waals surface area contributed by atoms with E-state index in [1.165, 1.54) is 7.11 Å². The van der Waals surface area contributed by atoms with Gasteiger partial charge in [-0.1, -0.05) is 67.6 Å². The first-order chi connectivity index (χ1) is 19.4. The lowest BCUT2D eigenvalue weighted by atomic mass is 10.1. The second-order valence-electron chi connectivity index (χ2n) is 9.32. The number of anilines is 1. The van der Waals surface area contributed by atoms with Gasteiger partial charge in [0.2, 0.25) is 5.91 Å². The van der Waals surface area contributed by atoms with Crippen molar-refractivity contribution in [2.45, 2.75) is 20.0 Å². The molecule has 1 saturated heterocycles. The second-order valence-corrected chi connectivity index (χ2v) is 9.32. The summed E-state index contributed by atoms with van der Waals surface area (Å²) in [4.78, 5) is 38.9. The smallest absolute Gasteiger partial charge is 0.329 e. The van der Waals surface area contributed by atoms with Crippen LogP contribution in [-0.2, 0) is 22.6 Å². The number of ether oxygens (including phenoxy) is 2. The minimum atomic E-state index is -0.655. The van der Waals surface area contributed by atoms with Crippen molar-refractivity contribution in [2.75, 3.05) is 19.0 Å². The molecular weight excluding hydrogens is 506 g/mol. The molecule has 0 spiro atoms. The van der Waals surface area contributed by atoms with Gasteiger partial charge in [0.1, 0.15) is 18.8 Å². The van der Waals surface area contributed by atoms with Crippen LogP contribution in [-0.4, -0.2) is 36.4 Å². The zero-order chi connectivity index (χ0) is 28.1. The number of nitrogens with one attached hydrogen (secondary N) is 2. The van der Waals surface area contributed by atoms with Gasteiger partial charge in [0, 0.05) is 5.69 Å². The maximum absolute atomic E-state index is 12.9. The number of para-hydroxylation sites is 1. The van der Waals surface area contributed by atoms with Crippen LogP contribution in [0, 0.1) is 0 Å². The van der Waals surface area contributed by atoms with Crippen LogP contribution in [0.25, 0.3) is 16.8 Å². The molecule has 0 atom stereocenters. The molecule has 1 aliphatic rings. The van der Waals surface area contributed by atoms with Crippen LogP contribution in [0.5, 0.6) is 11.5 Å².